The molecule has 0 aliphatic rings. The van der Waals surface area contributed by atoms with E-state index in [1.807, 2.05) is 11.1 Å². The van der Waals surface area contributed by atoms with E-state index in [0.29, 0.717) is 0 Å². The van der Waals surface area contributed by atoms with Gasteiger partial charge in [-0.25, -0.2) is 0 Å². The van der Waals surface area contributed by atoms with Gasteiger partial charge in [0.25, 0.3) is 0 Å². The molecule has 0 spiro atoms. The Morgan fingerprint density at radius 2 is 1.62 bits per heavy atom. The Bertz CT molecular complexity index is 288. The number of hydrogen-bond donors (Lipinski definition) is 0. The van der Waals surface area contributed by atoms with Crippen LogP contribution in [0, 0.1) is 0 Å². The Kier molecular flexibility index (Phi) is 3.32. The Morgan fingerprint density at radius 1 is 1.08 bits per heavy atom. The van der Waals surface area contributed by atoms with E-state index in [0.717, 1.165) is 0 Å². The molecule has 0 aromatic heterocycles. The largest absolute Gasteiger partial charge is 0.0595 e. The molecule has 0 unspecified atom stereocenters. The van der Waals surface area contributed by atoms with Gasteiger partial charge in [0, 0.05) is 0 Å². The van der Waals surface area contributed by atoms with Crippen LogP contribution in [0.25, 0.3) is 6.08 Å². The molecule has 0 aliphatic heterocycles. The van der Waals surface area contributed by atoms with Crippen molar-refractivity contribution in [2.24, 2.45) is 0 Å². The lowest BCUT2D eigenvalue weighted by Gasteiger charge is -2.18. The molecule has 13 heavy (non-hydrogen) atoms. The molecular weight excluding hydrogens is 224 g/mol. The number of rotatable bonds is 1. The van der Waals surface area contributed by atoms with Gasteiger partial charge in [-0.2, -0.15) is 0 Å². The topological polar surface area (TPSA) is 0 Å². The van der Waals surface area contributed by atoms with Gasteiger partial charge in [0.15, 0.2) is 0 Å². The fourth-order valence-electron chi connectivity index (χ4n) is 1.17. The quantitative estimate of drug-likeness (QED) is 0.683. The third-order valence-electron chi connectivity index (χ3n) is 2.03. The first kappa shape index (κ1) is 10.5. The number of benzene rings is 1. The maximum absolute atomic E-state index is 3.26. The first-order valence-electron chi connectivity index (χ1n) is 4.41. The van der Waals surface area contributed by atoms with Crippen molar-refractivity contribution in [1.82, 2.24) is 0 Å². The minimum absolute atomic E-state index is 0.247. The van der Waals surface area contributed by atoms with E-state index in [1.165, 1.54) is 11.1 Å². The summed E-state index contributed by atoms with van der Waals surface area (Å²) in [6.45, 7) is 6.67. The second-order valence-electron chi connectivity index (χ2n) is 4.16. The Balaban J connectivity index is 2.94. The van der Waals surface area contributed by atoms with Gasteiger partial charge < -0.3 is 0 Å². The van der Waals surface area contributed by atoms with Crippen molar-refractivity contribution in [2.45, 2.75) is 26.2 Å². The fraction of sp³-hybridized carbons (Fsp3) is 0.333. The van der Waals surface area contributed by atoms with Gasteiger partial charge in [-0.3, -0.25) is 0 Å². The van der Waals surface area contributed by atoms with Crippen molar-refractivity contribution >= 4 is 22.0 Å². The maximum atomic E-state index is 3.26. The summed E-state index contributed by atoms with van der Waals surface area (Å²) >= 11 is 3.26. The lowest BCUT2D eigenvalue weighted by Crippen LogP contribution is -2.10. The molecule has 1 heteroatoms. The zero-order valence-electron chi connectivity index (χ0n) is 8.34. The van der Waals surface area contributed by atoms with Crippen LogP contribution in [-0.2, 0) is 5.41 Å². The van der Waals surface area contributed by atoms with E-state index in [2.05, 4.69) is 61.0 Å². The van der Waals surface area contributed by atoms with Crippen molar-refractivity contribution in [3.05, 3.63) is 40.4 Å². The lowest BCUT2D eigenvalue weighted by molar-refractivity contribution is 0.590. The summed E-state index contributed by atoms with van der Waals surface area (Å²) in [5, 5.41) is 0. The van der Waals surface area contributed by atoms with E-state index in [9.17, 15) is 0 Å². The van der Waals surface area contributed by atoms with Crippen LogP contribution in [0.1, 0.15) is 31.9 Å². The molecule has 0 saturated carbocycles. The molecule has 0 aliphatic carbocycles. The summed E-state index contributed by atoms with van der Waals surface area (Å²) in [5.74, 6) is 0. The van der Waals surface area contributed by atoms with Gasteiger partial charge >= 0.3 is 0 Å². The summed E-state index contributed by atoms with van der Waals surface area (Å²) in [5.41, 5.74) is 2.85. The van der Waals surface area contributed by atoms with E-state index in [1.54, 1.807) is 0 Å². The van der Waals surface area contributed by atoms with Crippen LogP contribution in [-0.4, -0.2) is 0 Å². The van der Waals surface area contributed by atoms with Crippen molar-refractivity contribution in [3.63, 3.8) is 0 Å². The van der Waals surface area contributed by atoms with Gasteiger partial charge in [-0.15, -0.1) is 0 Å². The highest BCUT2D eigenvalue weighted by Crippen LogP contribution is 2.22. The fourth-order valence-corrected chi connectivity index (χ4v) is 1.47. The van der Waals surface area contributed by atoms with Gasteiger partial charge in [-0.1, -0.05) is 61.0 Å². The maximum Gasteiger partial charge on any atom is -0.0132 e. The first-order chi connectivity index (χ1) is 6.04. The third-order valence-corrected chi connectivity index (χ3v) is 2.30. The van der Waals surface area contributed by atoms with E-state index >= 15 is 0 Å². The van der Waals surface area contributed by atoms with Crippen LogP contribution in [0.2, 0.25) is 0 Å². The molecule has 1 aromatic carbocycles. The second kappa shape index (κ2) is 4.10. The van der Waals surface area contributed by atoms with Crippen LogP contribution in [0.5, 0.6) is 0 Å². The monoisotopic (exact) mass is 238 g/mol. The molecule has 0 bridgehead atoms. The third kappa shape index (κ3) is 3.00. The second-order valence-corrected chi connectivity index (χ2v) is 4.69. The summed E-state index contributed by atoms with van der Waals surface area (Å²) in [4.78, 5) is 1.87. The SMILES string of the molecule is CC(C)(C)c1ccc(C=CBr)cc1. The average molecular weight is 239 g/mol. The predicted molar refractivity (Wildman–Crippen MR) is 63.1 cm³/mol. The van der Waals surface area contributed by atoms with Gasteiger partial charge in [0.1, 0.15) is 0 Å². The minimum Gasteiger partial charge on any atom is -0.0595 e. The molecule has 0 amide bonds. The van der Waals surface area contributed by atoms with Gasteiger partial charge in [0.2, 0.25) is 0 Å². The molecule has 0 nitrogen and oxygen atoms in total. The lowest BCUT2D eigenvalue weighted by atomic mass is 9.87. The van der Waals surface area contributed by atoms with E-state index in [-0.39, 0.29) is 5.41 Å². The zero-order valence-corrected chi connectivity index (χ0v) is 9.93. The summed E-state index contributed by atoms with van der Waals surface area (Å²) < 4.78 is 0. The normalized spacial score (nSPS) is 12.3. The van der Waals surface area contributed by atoms with Crippen molar-refractivity contribution < 1.29 is 0 Å². The summed E-state index contributed by atoms with van der Waals surface area (Å²) in [6, 6.07) is 8.64. The highest BCUT2D eigenvalue weighted by Gasteiger charge is 2.12. The van der Waals surface area contributed by atoms with Crippen LogP contribution in [0.15, 0.2) is 29.3 Å². The van der Waals surface area contributed by atoms with Crippen molar-refractivity contribution in [1.29, 1.82) is 0 Å². The van der Waals surface area contributed by atoms with Crippen molar-refractivity contribution in [2.75, 3.05) is 0 Å². The number of hydrogen-bond acceptors (Lipinski definition) is 0. The highest BCUT2D eigenvalue weighted by atomic mass is 79.9. The molecule has 0 fully saturated rings. The molecular formula is C12H15Br. The molecule has 0 heterocycles. The number of halogens is 1. The van der Waals surface area contributed by atoms with Crippen molar-refractivity contribution in [3.8, 4) is 0 Å². The zero-order chi connectivity index (χ0) is 9.90. The summed E-state index contributed by atoms with van der Waals surface area (Å²) in [7, 11) is 0. The summed E-state index contributed by atoms with van der Waals surface area (Å²) in [6.07, 6.45) is 2.03. The molecule has 0 atom stereocenters. The molecule has 1 aromatic rings. The van der Waals surface area contributed by atoms with Gasteiger partial charge in [-0.05, 0) is 27.6 Å². The Labute approximate surface area is 88.8 Å². The first-order valence-corrected chi connectivity index (χ1v) is 5.33. The molecule has 0 saturated heterocycles. The standard InChI is InChI=1S/C12H15Br/c1-12(2,3)11-6-4-10(5-7-11)8-9-13/h4-9H,1-3H3. The van der Waals surface area contributed by atoms with Crippen LogP contribution in [0.4, 0.5) is 0 Å². The smallest absolute Gasteiger partial charge is 0.0132 e. The van der Waals surface area contributed by atoms with Crippen LogP contribution >= 0.6 is 15.9 Å². The predicted octanol–water partition coefficient (Wildman–Crippen LogP) is 4.35. The average Bonchev–Trinajstić information content (AvgIpc) is 2.04. The van der Waals surface area contributed by atoms with Gasteiger partial charge in [0.05, 0.1) is 0 Å². The van der Waals surface area contributed by atoms with E-state index < -0.39 is 0 Å². The Hall–Kier alpha value is -0.560. The minimum atomic E-state index is 0.247. The highest BCUT2D eigenvalue weighted by molar-refractivity contribution is 9.11. The molecule has 0 N–H and O–H groups in total. The van der Waals surface area contributed by atoms with Crippen LogP contribution < -0.4 is 0 Å². The molecule has 0 radical (unpaired) electrons. The Morgan fingerprint density at radius 3 is 2.00 bits per heavy atom. The molecule has 1 rings (SSSR count). The molecule has 70 valence electrons. The van der Waals surface area contributed by atoms with Crippen LogP contribution in [0.3, 0.4) is 0 Å². The van der Waals surface area contributed by atoms with E-state index in [4.69, 9.17) is 0 Å².